The van der Waals surface area contributed by atoms with Crippen LogP contribution in [0.5, 0.6) is 0 Å². The molecule has 2 rings (SSSR count). The Kier molecular flexibility index (Phi) is 5.22. The summed E-state index contributed by atoms with van der Waals surface area (Å²) in [6, 6.07) is 11.9. The van der Waals surface area contributed by atoms with Crippen LogP contribution in [-0.2, 0) is 4.79 Å². The van der Waals surface area contributed by atoms with E-state index < -0.39 is 17.7 Å². The van der Waals surface area contributed by atoms with E-state index in [4.69, 9.17) is 0 Å². The number of hydrogen-bond acceptors (Lipinski definition) is 1. The van der Waals surface area contributed by atoms with E-state index >= 15 is 0 Å². The molecular formula is C17H19F2N2O+. The molecule has 0 aliphatic rings. The van der Waals surface area contributed by atoms with Gasteiger partial charge in [0, 0.05) is 17.3 Å². The van der Waals surface area contributed by atoms with Crippen LogP contribution < -0.4 is 10.6 Å². The fraction of sp³-hybridized carbons (Fsp3) is 0.235. The SMILES string of the molecule is C[C@H]([NH2+][C@@H](C)c1ccc(F)cc1F)C(=O)Nc1ccccc1. The largest absolute Gasteiger partial charge is 0.330 e. The quantitative estimate of drug-likeness (QED) is 0.876. The van der Waals surface area contributed by atoms with E-state index in [1.54, 1.807) is 31.3 Å². The highest BCUT2D eigenvalue weighted by Crippen LogP contribution is 2.15. The molecule has 0 saturated carbocycles. The molecule has 0 fully saturated rings. The second-order valence-corrected chi connectivity index (χ2v) is 5.29. The van der Waals surface area contributed by atoms with Crippen LogP contribution in [0, 0.1) is 11.6 Å². The van der Waals surface area contributed by atoms with Crippen LogP contribution in [0.25, 0.3) is 0 Å². The molecule has 5 heteroatoms. The smallest absolute Gasteiger partial charge is 0.282 e. The van der Waals surface area contributed by atoms with Gasteiger partial charge in [0.1, 0.15) is 17.7 Å². The lowest BCUT2D eigenvalue weighted by atomic mass is 10.1. The van der Waals surface area contributed by atoms with Gasteiger partial charge in [-0.25, -0.2) is 8.78 Å². The Balaban J connectivity index is 1.98. The number of carbonyl (C=O) groups is 1. The normalized spacial score (nSPS) is 13.5. The van der Waals surface area contributed by atoms with Crippen molar-refractivity contribution in [3.8, 4) is 0 Å². The fourth-order valence-electron chi connectivity index (χ4n) is 2.27. The number of halogens is 2. The lowest BCUT2D eigenvalue weighted by Crippen LogP contribution is -2.91. The van der Waals surface area contributed by atoms with Crippen molar-refractivity contribution in [1.29, 1.82) is 0 Å². The topological polar surface area (TPSA) is 45.7 Å². The zero-order valence-electron chi connectivity index (χ0n) is 12.5. The van der Waals surface area contributed by atoms with E-state index in [9.17, 15) is 13.6 Å². The molecule has 0 aliphatic heterocycles. The van der Waals surface area contributed by atoms with Crippen molar-refractivity contribution in [3.05, 3.63) is 65.7 Å². The van der Waals surface area contributed by atoms with Gasteiger partial charge in [-0.1, -0.05) is 18.2 Å². The average Bonchev–Trinajstić information content (AvgIpc) is 2.47. The lowest BCUT2D eigenvalue weighted by Gasteiger charge is -2.17. The first-order valence-corrected chi connectivity index (χ1v) is 7.13. The predicted octanol–water partition coefficient (Wildman–Crippen LogP) is 2.62. The highest BCUT2D eigenvalue weighted by atomic mass is 19.1. The van der Waals surface area contributed by atoms with Crippen molar-refractivity contribution in [1.82, 2.24) is 0 Å². The molecule has 2 aromatic rings. The highest BCUT2D eigenvalue weighted by Gasteiger charge is 2.22. The van der Waals surface area contributed by atoms with Crippen molar-refractivity contribution in [2.45, 2.75) is 25.9 Å². The molecule has 22 heavy (non-hydrogen) atoms. The lowest BCUT2D eigenvalue weighted by molar-refractivity contribution is -0.710. The highest BCUT2D eigenvalue weighted by molar-refractivity contribution is 5.93. The van der Waals surface area contributed by atoms with Crippen LogP contribution in [0.3, 0.4) is 0 Å². The maximum absolute atomic E-state index is 13.7. The number of para-hydroxylation sites is 1. The summed E-state index contributed by atoms with van der Waals surface area (Å²) in [6.07, 6.45) is 0. The van der Waals surface area contributed by atoms with Gasteiger partial charge in [-0.2, -0.15) is 0 Å². The maximum atomic E-state index is 13.7. The van der Waals surface area contributed by atoms with E-state index in [2.05, 4.69) is 5.32 Å². The van der Waals surface area contributed by atoms with Crippen molar-refractivity contribution in [2.24, 2.45) is 0 Å². The molecule has 3 nitrogen and oxygen atoms in total. The standard InChI is InChI=1S/C17H18F2N2O/c1-11(15-9-8-13(18)10-16(15)19)20-12(2)17(22)21-14-6-4-3-5-7-14/h3-12,20H,1-2H3,(H,21,22)/p+1/t11-,12-/m0/s1. The van der Waals surface area contributed by atoms with E-state index in [0.29, 0.717) is 11.3 Å². The Morgan fingerprint density at radius 2 is 1.77 bits per heavy atom. The summed E-state index contributed by atoms with van der Waals surface area (Å²) in [5.74, 6) is -1.37. The molecule has 116 valence electrons. The van der Waals surface area contributed by atoms with Crippen LogP contribution in [0.2, 0.25) is 0 Å². The van der Waals surface area contributed by atoms with Crippen LogP contribution >= 0.6 is 0 Å². The number of nitrogens with one attached hydrogen (secondary N) is 1. The Hall–Kier alpha value is -2.27. The number of anilines is 1. The number of carbonyl (C=O) groups excluding carboxylic acids is 1. The van der Waals surface area contributed by atoms with Crippen LogP contribution in [0.15, 0.2) is 48.5 Å². The first kappa shape index (κ1) is 16.1. The third kappa shape index (κ3) is 4.11. The number of benzene rings is 2. The molecule has 0 heterocycles. The third-order valence-corrected chi connectivity index (χ3v) is 3.49. The van der Waals surface area contributed by atoms with Crippen molar-refractivity contribution >= 4 is 11.6 Å². The second kappa shape index (κ2) is 7.13. The molecule has 0 radical (unpaired) electrons. The van der Waals surface area contributed by atoms with Crippen LogP contribution in [0.4, 0.5) is 14.5 Å². The van der Waals surface area contributed by atoms with Gasteiger partial charge in [-0.05, 0) is 38.1 Å². The zero-order valence-corrected chi connectivity index (χ0v) is 12.5. The van der Waals surface area contributed by atoms with Crippen LogP contribution in [0.1, 0.15) is 25.5 Å². The van der Waals surface area contributed by atoms with Gasteiger partial charge in [-0.3, -0.25) is 4.79 Å². The van der Waals surface area contributed by atoms with E-state index in [-0.39, 0.29) is 11.9 Å². The predicted molar refractivity (Wildman–Crippen MR) is 81.2 cm³/mol. The maximum Gasteiger partial charge on any atom is 0.282 e. The summed E-state index contributed by atoms with van der Waals surface area (Å²) < 4.78 is 26.7. The number of rotatable bonds is 5. The van der Waals surface area contributed by atoms with Crippen molar-refractivity contribution in [2.75, 3.05) is 5.32 Å². The van der Waals surface area contributed by atoms with Crippen molar-refractivity contribution < 1.29 is 18.9 Å². The number of quaternary nitrogens is 1. The number of amides is 1. The molecule has 0 spiro atoms. The van der Waals surface area contributed by atoms with Gasteiger partial charge in [0.25, 0.3) is 5.91 Å². The minimum absolute atomic E-state index is 0.166. The van der Waals surface area contributed by atoms with Gasteiger partial charge >= 0.3 is 0 Å². The Bertz CT molecular complexity index is 646. The molecule has 0 bridgehead atoms. The summed E-state index contributed by atoms with van der Waals surface area (Å²) in [5.41, 5.74) is 1.09. The van der Waals surface area contributed by atoms with Gasteiger partial charge in [-0.15, -0.1) is 0 Å². The molecular weight excluding hydrogens is 286 g/mol. The molecule has 0 aliphatic carbocycles. The van der Waals surface area contributed by atoms with E-state index in [0.717, 1.165) is 6.07 Å². The second-order valence-electron chi connectivity index (χ2n) is 5.29. The Labute approximate surface area is 128 Å². The molecule has 0 aromatic heterocycles. The fourth-order valence-corrected chi connectivity index (χ4v) is 2.27. The number of hydrogen-bond donors (Lipinski definition) is 2. The summed E-state index contributed by atoms with van der Waals surface area (Å²) in [5, 5.41) is 4.54. The minimum Gasteiger partial charge on any atom is -0.330 e. The molecule has 0 saturated heterocycles. The van der Waals surface area contributed by atoms with Crippen LogP contribution in [-0.4, -0.2) is 11.9 Å². The monoisotopic (exact) mass is 305 g/mol. The first-order chi connectivity index (χ1) is 10.5. The summed E-state index contributed by atoms with van der Waals surface area (Å²) in [4.78, 5) is 12.1. The van der Waals surface area contributed by atoms with Crippen molar-refractivity contribution in [3.63, 3.8) is 0 Å². The molecule has 2 aromatic carbocycles. The van der Waals surface area contributed by atoms with Gasteiger partial charge < -0.3 is 10.6 Å². The first-order valence-electron chi connectivity index (χ1n) is 7.13. The Morgan fingerprint density at radius 3 is 2.41 bits per heavy atom. The van der Waals surface area contributed by atoms with Gasteiger partial charge in [0.2, 0.25) is 0 Å². The Morgan fingerprint density at radius 1 is 1.09 bits per heavy atom. The molecule has 0 unspecified atom stereocenters. The number of nitrogens with two attached hydrogens (primary N) is 1. The minimum atomic E-state index is -0.608. The summed E-state index contributed by atoms with van der Waals surface area (Å²) in [6.45, 7) is 3.53. The molecule has 3 N–H and O–H groups in total. The van der Waals surface area contributed by atoms with Gasteiger partial charge in [0.05, 0.1) is 0 Å². The van der Waals surface area contributed by atoms with E-state index in [1.165, 1.54) is 12.1 Å². The van der Waals surface area contributed by atoms with E-state index in [1.807, 2.05) is 18.2 Å². The average molecular weight is 305 g/mol. The summed E-state index contributed by atoms with van der Waals surface area (Å²) in [7, 11) is 0. The zero-order chi connectivity index (χ0) is 16.1. The molecule has 1 amide bonds. The third-order valence-electron chi connectivity index (χ3n) is 3.49. The van der Waals surface area contributed by atoms with Gasteiger partial charge in [0.15, 0.2) is 6.04 Å². The summed E-state index contributed by atoms with van der Waals surface area (Å²) >= 11 is 0. The molecule has 2 atom stereocenters.